The minimum Gasteiger partial charge on any atom is -0.507 e. The highest BCUT2D eigenvalue weighted by atomic mass is 19.1. The Labute approximate surface area is 203 Å². The van der Waals surface area contributed by atoms with Crippen LogP contribution in [0, 0.1) is 11.6 Å². The number of aliphatic hydroxyl groups excluding tert-OH is 1. The number of ether oxygens (including phenoxy) is 1. The first-order chi connectivity index (χ1) is 17.2. The molecule has 9 heteroatoms. The number of aromatic nitrogens is 1. The summed E-state index contributed by atoms with van der Waals surface area (Å²) in [6, 6.07) is 16.1. The summed E-state index contributed by atoms with van der Waals surface area (Å²) in [5.41, 5.74) is 0.898. The van der Waals surface area contributed by atoms with E-state index < -0.39 is 28.8 Å². The Morgan fingerprint density at radius 1 is 0.889 bits per heavy atom. The van der Waals surface area contributed by atoms with Crippen molar-refractivity contribution in [3.63, 3.8) is 0 Å². The molecule has 0 amide bonds. The zero-order valence-corrected chi connectivity index (χ0v) is 18.7. The minimum atomic E-state index is -1.79. The van der Waals surface area contributed by atoms with Gasteiger partial charge in [0.25, 0.3) is 5.78 Å². The van der Waals surface area contributed by atoms with Crippen molar-refractivity contribution in [2.75, 3.05) is 0 Å². The summed E-state index contributed by atoms with van der Waals surface area (Å²) in [7, 11) is 0. The Morgan fingerprint density at radius 3 is 2.11 bits per heavy atom. The number of fused-ring (bicyclic) bond motifs is 1. The molecular formula is C27H19F2NO6. The van der Waals surface area contributed by atoms with Crippen LogP contribution in [0.1, 0.15) is 16.7 Å². The topological polar surface area (TPSA) is 106 Å². The molecule has 182 valence electrons. The largest absolute Gasteiger partial charge is 0.507 e. The maximum atomic E-state index is 13.3. The number of carboxylic acids is 1. The maximum absolute atomic E-state index is 13.3. The first-order valence-corrected chi connectivity index (χ1v) is 10.7. The van der Waals surface area contributed by atoms with Crippen molar-refractivity contribution in [1.29, 1.82) is 0 Å². The van der Waals surface area contributed by atoms with Crippen molar-refractivity contribution < 1.29 is 33.3 Å². The number of rotatable bonds is 8. The number of carbonyl (C=O) groups excluding carboxylic acids is 1. The van der Waals surface area contributed by atoms with Crippen LogP contribution in [-0.2, 0) is 22.7 Å². The molecule has 36 heavy (non-hydrogen) atoms. The fraction of sp³-hybridized carbons (Fsp3) is 0.0741. The Morgan fingerprint density at radius 2 is 1.50 bits per heavy atom. The van der Waals surface area contributed by atoms with Crippen LogP contribution >= 0.6 is 0 Å². The SMILES string of the molecule is O=C(O)C(=O)C=C(O)c1cn(Cc2ccc(F)cc2)c2ccc(OCc3ccc(F)cc3)cc2c1=O. The molecule has 0 saturated carbocycles. The van der Waals surface area contributed by atoms with Gasteiger partial charge in [-0.25, -0.2) is 13.6 Å². The number of pyridine rings is 1. The van der Waals surface area contributed by atoms with E-state index >= 15 is 0 Å². The summed E-state index contributed by atoms with van der Waals surface area (Å²) in [4.78, 5) is 35.7. The molecule has 0 saturated heterocycles. The predicted molar refractivity (Wildman–Crippen MR) is 128 cm³/mol. The lowest BCUT2D eigenvalue weighted by Crippen LogP contribution is -2.17. The van der Waals surface area contributed by atoms with Gasteiger partial charge in [-0.15, -0.1) is 0 Å². The molecular weight excluding hydrogens is 472 g/mol. The van der Waals surface area contributed by atoms with Gasteiger partial charge in [0.15, 0.2) is 5.43 Å². The molecule has 0 fully saturated rings. The quantitative estimate of drug-likeness (QED) is 0.214. The maximum Gasteiger partial charge on any atom is 0.376 e. The van der Waals surface area contributed by atoms with Crippen LogP contribution in [0.2, 0.25) is 0 Å². The van der Waals surface area contributed by atoms with Gasteiger partial charge in [-0.3, -0.25) is 9.59 Å². The summed E-state index contributed by atoms with van der Waals surface area (Å²) < 4.78 is 33.8. The molecule has 0 atom stereocenters. The fourth-order valence-corrected chi connectivity index (χ4v) is 3.58. The molecule has 4 rings (SSSR count). The number of hydrogen-bond donors (Lipinski definition) is 2. The lowest BCUT2D eigenvalue weighted by atomic mass is 10.1. The molecule has 0 aliphatic rings. The second-order valence-electron chi connectivity index (χ2n) is 7.92. The number of carbonyl (C=O) groups is 2. The third-order valence-corrected chi connectivity index (χ3v) is 5.39. The molecule has 0 radical (unpaired) electrons. The molecule has 0 aliphatic heterocycles. The van der Waals surface area contributed by atoms with Crippen molar-refractivity contribution in [3.8, 4) is 5.75 Å². The van der Waals surface area contributed by atoms with E-state index in [4.69, 9.17) is 9.84 Å². The molecule has 4 aromatic rings. The van der Waals surface area contributed by atoms with Crippen molar-refractivity contribution in [3.05, 3.63) is 118 Å². The zero-order chi connectivity index (χ0) is 25.8. The summed E-state index contributed by atoms with van der Waals surface area (Å²) in [5.74, 6) is -4.47. The van der Waals surface area contributed by atoms with Gasteiger partial charge >= 0.3 is 5.97 Å². The van der Waals surface area contributed by atoms with Crippen LogP contribution in [0.3, 0.4) is 0 Å². The van der Waals surface area contributed by atoms with Crippen LogP contribution < -0.4 is 10.2 Å². The molecule has 0 unspecified atom stereocenters. The first kappa shape index (κ1) is 24.3. The average Bonchev–Trinajstić information content (AvgIpc) is 2.86. The highest BCUT2D eigenvalue weighted by molar-refractivity contribution is 6.38. The Kier molecular flexibility index (Phi) is 6.91. The van der Waals surface area contributed by atoms with Crippen molar-refractivity contribution >= 4 is 28.4 Å². The van der Waals surface area contributed by atoms with Crippen molar-refractivity contribution in [2.24, 2.45) is 0 Å². The Balaban J connectivity index is 1.78. The van der Waals surface area contributed by atoms with E-state index in [1.165, 1.54) is 36.5 Å². The average molecular weight is 491 g/mol. The van der Waals surface area contributed by atoms with Gasteiger partial charge in [-0.1, -0.05) is 24.3 Å². The molecule has 0 spiro atoms. The highest BCUT2D eigenvalue weighted by Crippen LogP contribution is 2.23. The van der Waals surface area contributed by atoms with E-state index in [0.717, 1.165) is 0 Å². The second kappa shape index (κ2) is 10.2. The number of halogens is 2. The molecule has 1 aromatic heterocycles. The Bertz CT molecular complexity index is 1540. The van der Waals surface area contributed by atoms with Crippen molar-refractivity contribution in [2.45, 2.75) is 13.2 Å². The van der Waals surface area contributed by atoms with E-state index in [-0.39, 0.29) is 29.9 Å². The fourth-order valence-electron chi connectivity index (χ4n) is 3.58. The van der Waals surface area contributed by atoms with Crippen LogP contribution in [0.5, 0.6) is 5.75 Å². The number of hydrogen-bond acceptors (Lipinski definition) is 5. The predicted octanol–water partition coefficient (Wildman–Crippen LogP) is 4.46. The Hall–Kier alpha value is -4.79. The molecule has 7 nitrogen and oxygen atoms in total. The lowest BCUT2D eigenvalue weighted by molar-refractivity contribution is -0.146. The summed E-state index contributed by atoms with van der Waals surface area (Å²) >= 11 is 0. The standard InChI is InChI=1S/C27H19F2NO6/c28-18-5-1-16(2-6-18)13-30-14-22(24(31)12-25(32)27(34)35)26(33)21-11-20(9-10-23(21)30)36-15-17-3-7-19(29)8-4-17/h1-12,14,31H,13,15H2,(H,34,35). The van der Waals surface area contributed by atoms with E-state index in [0.29, 0.717) is 28.5 Å². The molecule has 1 heterocycles. The first-order valence-electron chi connectivity index (χ1n) is 10.7. The van der Waals surface area contributed by atoms with Gasteiger partial charge in [0.1, 0.15) is 29.8 Å². The number of carboxylic acid groups (broad SMARTS) is 1. The van der Waals surface area contributed by atoms with E-state index in [1.54, 1.807) is 41.0 Å². The summed E-state index contributed by atoms with van der Waals surface area (Å²) in [5, 5.41) is 19.4. The number of benzene rings is 3. The van der Waals surface area contributed by atoms with Gasteiger partial charge in [-0.2, -0.15) is 0 Å². The third-order valence-electron chi connectivity index (χ3n) is 5.39. The van der Waals surface area contributed by atoms with Crippen LogP contribution in [0.4, 0.5) is 8.78 Å². The zero-order valence-electron chi connectivity index (χ0n) is 18.7. The number of aliphatic hydroxyl groups is 1. The molecule has 0 bridgehead atoms. The third kappa shape index (κ3) is 5.47. The summed E-state index contributed by atoms with van der Waals surface area (Å²) in [6.07, 6.45) is 1.76. The summed E-state index contributed by atoms with van der Waals surface area (Å²) in [6.45, 7) is 0.285. The van der Waals surface area contributed by atoms with Crippen LogP contribution in [0.25, 0.3) is 16.7 Å². The number of ketones is 1. The van der Waals surface area contributed by atoms with Gasteiger partial charge in [0, 0.05) is 18.8 Å². The van der Waals surface area contributed by atoms with Gasteiger partial charge in [-0.05, 0) is 53.6 Å². The molecule has 3 aromatic carbocycles. The second-order valence-corrected chi connectivity index (χ2v) is 7.92. The molecule has 0 aliphatic carbocycles. The van der Waals surface area contributed by atoms with Crippen molar-refractivity contribution in [1.82, 2.24) is 4.57 Å². The van der Waals surface area contributed by atoms with E-state index in [9.17, 15) is 28.3 Å². The monoisotopic (exact) mass is 491 g/mol. The number of nitrogens with zero attached hydrogens (tertiary/aromatic N) is 1. The minimum absolute atomic E-state index is 0.105. The molecule has 2 N–H and O–H groups in total. The normalized spacial score (nSPS) is 11.4. The van der Waals surface area contributed by atoms with E-state index in [2.05, 4.69) is 0 Å². The van der Waals surface area contributed by atoms with Gasteiger partial charge in [0.2, 0.25) is 0 Å². The highest BCUT2D eigenvalue weighted by Gasteiger charge is 2.17. The van der Waals surface area contributed by atoms with Gasteiger partial charge in [0.05, 0.1) is 16.5 Å². The van der Waals surface area contributed by atoms with Crippen LogP contribution in [0.15, 0.2) is 83.8 Å². The van der Waals surface area contributed by atoms with Crippen LogP contribution in [-0.4, -0.2) is 26.5 Å². The number of aliphatic carboxylic acids is 1. The van der Waals surface area contributed by atoms with E-state index in [1.807, 2.05) is 0 Å². The van der Waals surface area contributed by atoms with Gasteiger partial charge < -0.3 is 19.5 Å². The smallest absolute Gasteiger partial charge is 0.376 e. The lowest BCUT2D eigenvalue weighted by Gasteiger charge is -2.15.